The molecule has 27 heavy (non-hydrogen) atoms. The van der Waals surface area contributed by atoms with E-state index in [2.05, 4.69) is 10.3 Å². The second-order valence-electron chi connectivity index (χ2n) is 6.80. The summed E-state index contributed by atoms with van der Waals surface area (Å²) < 4.78 is 1.98. The molecule has 0 saturated carbocycles. The number of imidazole rings is 1. The summed E-state index contributed by atoms with van der Waals surface area (Å²) >= 11 is 0. The van der Waals surface area contributed by atoms with Gasteiger partial charge in [0.1, 0.15) is 0 Å². The molecule has 1 aliphatic heterocycles. The summed E-state index contributed by atoms with van der Waals surface area (Å²) in [4.78, 5) is 30.8. The van der Waals surface area contributed by atoms with Crippen LogP contribution in [-0.4, -0.2) is 39.4 Å². The fraction of sp³-hybridized carbons (Fsp3) is 0.286. The average molecular weight is 362 g/mol. The summed E-state index contributed by atoms with van der Waals surface area (Å²) in [6.07, 6.45) is 4.27. The van der Waals surface area contributed by atoms with E-state index in [-0.39, 0.29) is 11.8 Å². The molecule has 0 spiro atoms. The summed E-state index contributed by atoms with van der Waals surface area (Å²) in [5.41, 5.74) is 3.32. The number of aryl methyl sites for hydroxylation is 1. The van der Waals surface area contributed by atoms with E-state index in [1.807, 2.05) is 33.7 Å². The number of carbonyl (C=O) groups is 2. The number of anilines is 1. The number of rotatable bonds is 5. The average Bonchev–Trinajstić information content (AvgIpc) is 3.37. The Morgan fingerprint density at radius 1 is 1.00 bits per heavy atom. The van der Waals surface area contributed by atoms with Crippen LogP contribution in [0.5, 0.6) is 0 Å². The maximum atomic E-state index is 12.4. The van der Waals surface area contributed by atoms with Gasteiger partial charge < -0.3 is 14.8 Å². The maximum absolute atomic E-state index is 12.4. The lowest BCUT2D eigenvalue weighted by Crippen LogP contribution is -2.27. The zero-order valence-corrected chi connectivity index (χ0v) is 15.1. The number of hydrogen-bond donors (Lipinski definition) is 1. The van der Waals surface area contributed by atoms with Gasteiger partial charge in [0.2, 0.25) is 5.91 Å². The summed E-state index contributed by atoms with van der Waals surface area (Å²) in [5.74, 6) is 0.00348. The third kappa shape index (κ3) is 3.84. The van der Waals surface area contributed by atoms with Gasteiger partial charge in [0, 0.05) is 37.3 Å². The molecule has 1 fully saturated rings. The van der Waals surface area contributed by atoms with Crippen molar-refractivity contribution < 1.29 is 9.59 Å². The predicted molar refractivity (Wildman–Crippen MR) is 105 cm³/mol. The molecule has 138 valence electrons. The quantitative estimate of drug-likeness (QED) is 0.757. The molecule has 1 aromatic heterocycles. The van der Waals surface area contributed by atoms with E-state index >= 15 is 0 Å². The van der Waals surface area contributed by atoms with Crippen molar-refractivity contribution in [3.8, 4) is 0 Å². The number of aromatic nitrogens is 2. The smallest absolute Gasteiger partial charge is 0.253 e. The minimum Gasteiger partial charge on any atom is -0.339 e. The van der Waals surface area contributed by atoms with Crippen LogP contribution >= 0.6 is 0 Å². The SMILES string of the molecule is O=C(CCn1cnc2ccccc21)Nc1ccc(C(=O)N2CCCC2)cc1. The largest absolute Gasteiger partial charge is 0.339 e. The molecule has 2 heterocycles. The lowest BCUT2D eigenvalue weighted by Gasteiger charge is -2.15. The highest BCUT2D eigenvalue weighted by Crippen LogP contribution is 2.16. The van der Waals surface area contributed by atoms with E-state index in [0.29, 0.717) is 24.2 Å². The minimum atomic E-state index is -0.0635. The number of carbonyl (C=O) groups excluding carboxylic acids is 2. The first-order valence-corrected chi connectivity index (χ1v) is 9.30. The molecule has 3 aromatic rings. The second kappa shape index (κ2) is 7.61. The zero-order valence-electron chi connectivity index (χ0n) is 15.1. The highest BCUT2D eigenvalue weighted by atomic mass is 16.2. The molecule has 1 N–H and O–H groups in total. The Bertz CT molecular complexity index is 956. The highest BCUT2D eigenvalue weighted by molar-refractivity contribution is 5.96. The topological polar surface area (TPSA) is 67.2 Å². The molecule has 6 nitrogen and oxygen atoms in total. The Balaban J connectivity index is 1.33. The van der Waals surface area contributed by atoms with Gasteiger partial charge in [0.25, 0.3) is 5.91 Å². The normalized spacial score (nSPS) is 13.9. The van der Waals surface area contributed by atoms with Crippen molar-refractivity contribution in [1.82, 2.24) is 14.5 Å². The van der Waals surface area contributed by atoms with Crippen molar-refractivity contribution in [2.75, 3.05) is 18.4 Å². The molecule has 1 aliphatic rings. The van der Waals surface area contributed by atoms with Crippen LogP contribution in [-0.2, 0) is 11.3 Å². The van der Waals surface area contributed by atoms with Crippen molar-refractivity contribution in [1.29, 1.82) is 0 Å². The Morgan fingerprint density at radius 2 is 1.74 bits per heavy atom. The molecular weight excluding hydrogens is 340 g/mol. The van der Waals surface area contributed by atoms with Crippen molar-refractivity contribution in [3.05, 3.63) is 60.4 Å². The lowest BCUT2D eigenvalue weighted by molar-refractivity contribution is -0.116. The second-order valence-corrected chi connectivity index (χ2v) is 6.80. The van der Waals surface area contributed by atoms with E-state index in [4.69, 9.17) is 0 Å². The molecule has 6 heteroatoms. The molecule has 0 aliphatic carbocycles. The number of para-hydroxylation sites is 2. The van der Waals surface area contributed by atoms with Crippen LogP contribution in [0.2, 0.25) is 0 Å². The van der Waals surface area contributed by atoms with Crippen molar-refractivity contribution in [3.63, 3.8) is 0 Å². The zero-order chi connectivity index (χ0) is 18.6. The predicted octanol–water partition coefficient (Wildman–Crippen LogP) is 3.30. The van der Waals surface area contributed by atoms with E-state index in [1.165, 1.54) is 0 Å². The monoisotopic (exact) mass is 362 g/mol. The standard InChI is InChI=1S/C21H22N4O2/c26-20(11-14-25-15-22-18-5-1-2-6-19(18)25)23-17-9-7-16(8-10-17)21(27)24-12-3-4-13-24/h1-2,5-10,15H,3-4,11-14H2,(H,23,26). The minimum absolute atomic E-state index is 0.0635. The van der Waals surface area contributed by atoms with Gasteiger partial charge in [-0.3, -0.25) is 9.59 Å². The van der Waals surface area contributed by atoms with Crippen LogP contribution < -0.4 is 5.32 Å². The first-order chi connectivity index (χ1) is 13.2. The summed E-state index contributed by atoms with van der Waals surface area (Å²) in [6.45, 7) is 2.23. The van der Waals surface area contributed by atoms with Gasteiger partial charge in [-0.25, -0.2) is 4.98 Å². The number of likely N-dealkylation sites (tertiary alicyclic amines) is 1. The first kappa shape index (κ1) is 17.3. The van der Waals surface area contributed by atoms with Crippen molar-refractivity contribution >= 4 is 28.5 Å². The van der Waals surface area contributed by atoms with Gasteiger partial charge in [-0.05, 0) is 49.2 Å². The van der Waals surface area contributed by atoms with E-state index in [0.717, 1.165) is 37.0 Å². The molecule has 0 unspecified atom stereocenters. The summed E-state index contributed by atoms with van der Waals surface area (Å²) in [7, 11) is 0. The number of fused-ring (bicyclic) bond motifs is 1. The number of nitrogens with one attached hydrogen (secondary N) is 1. The van der Waals surface area contributed by atoms with Crippen molar-refractivity contribution in [2.45, 2.75) is 25.8 Å². The van der Waals surface area contributed by atoms with Crippen LogP contribution in [0.4, 0.5) is 5.69 Å². The van der Waals surface area contributed by atoms with Crippen LogP contribution in [0, 0.1) is 0 Å². The van der Waals surface area contributed by atoms with Crippen LogP contribution in [0.1, 0.15) is 29.6 Å². The fourth-order valence-electron chi connectivity index (χ4n) is 3.43. The number of benzene rings is 2. The Labute approximate surface area is 157 Å². The van der Waals surface area contributed by atoms with Crippen molar-refractivity contribution in [2.24, 2.45) is 0 Å². The Morgan fingerprint density at radius 3 is 2.52 bits per heavy atom. The van der Waals surface area contributed by atoms with E-state index in [1.54, 1.807) is 30.6 Å². The van der Waals surface area contributed by atoms with Crippen LogP contribution in [0.3, 0.4) is 0 Å². The van der Waals surface area contributed by atoms with Gasteiger partial charge in [0.15, 0.2) is 0 Å². The Hall–Kier alpha value is -3.15. The molecular formula is C21H22N4O2. The van der Waals surface area contributed by atoms with Gasteiger partial charge in [0.05, 0.1) is 17.4 Å². The first-order valence-electron chi connectivity index (χ1n) is 9.30. The third-order valence-electron chi connectivity index (χ3n) is 4.92. The van der Waals surface area contributed by atoms with Gasteiger partial charge in [-0.1, -0.05) is 12.1 Å². The molecule has 4 rings (SSSR count). The number of hydrogen-bond acceptors (Lipinski definition) is 3. The molecule has 2 aromatic carbocycles. The number of amides is 2. The fourth-order valence-corrected chi connectivity index (χ4v) is 3.43. The molecule has 1 saturated heterocycles. The lowest BCUT2D eigenvalue weighted by atomic mass is 10.2. The Kier molecular flexibility index (Phi) is 4.87. The van der Waals surface area contributed by atoms with Crippen LogP contribution in [0.15, 0.2) is 54.9 Å². The van der Waals surface area contributed by atoms with E-state index in [9.17, 15) is 9.59 Å². The van der Waals surface area contributed by atoms with Crippen LogP contribution in [0.25, 0.3) is 11.0 Å². The summed E-state index contributed by atoms with van der Waals surface area (Å²) in [5, 5.41) is 2.89. The highest BCUT2D eigenvalue weighted by Gasteiger charge is 2.19. The van der Waals surface area contributed by atoms with Gasteiger partial charge in [-0.15, -0.1) is 0 Å². The van der Waals surface area contributed by atoms with Gasteiger partial charge >= 0.3 is 0 Å². The third-order valence-corrected chi connectivity index (χ3v) is 4.92. The van der Waals surface area contributed by atoms with E-state index < -0.39 is 0 Å². The molecule has 0 radical (unpaired) electrons. The maximum Gasteiger partial charge on any atom is 0.253 e. The molecule has 0 bridgehead atoms. The summed E-state index contributed by atoms with van der Waals surface area (Å²) in [6, 6.07) is 15.0. The van der Waals surface area contributed by atoms with Gasteiger partial charge in [-0.2, -0.15) is 0 Å². The number of nitrogens with zero attached hydrogens (tertiary/aromatic N) is 3. The molecule has 2 amide bonds. The molecule has 0 atom stereocenters.